The third-order valence-corrected chi connectivity index (χ3v) is 4.56. The van der Waals surface area contributed by atoms with Crippen LogP contribution in [0.25, 0.3) is 0 Å². The van der Waals surface area contributed by atoms with E-state index in [1.165, 1.54) is 0 Å². The second-order valence-corrected chi connectivity index (χ2v) is 6.31. The molecule has 0 spiro atoms. The molecular formula is C18H15BrN2O. The third kappa shape index (κ3) is 2.90. The van der Waals surface area contributed by atoms with E-state index in [0.717, 1.165) is 29.4 Å². The van der Waals surface area contributed by atoms with Crippen molar-refractivity contribution < 1.29 is 4.79 Å². The molecule has 3 nitrogen and oxygen atoms in total. The first kappa shape index (κ1) is 14.8. The van der Waals surface area contributed by atoms with Crippen LogP contribution in [0.1, 0.15) is 40.4 Å². The maximum atomic E-state index is 12.7. The van der Waals surface area contributed by atoms with E-state index < -0.39 is 0 Å². The highest BCUT2D eigenvalue weighted by molar-refractivity contribution is 9.10. The number of benzene rings is 2. The van der Waals surface area contributed by atoms with Gasteiger partial charge in [-0.25, -0.2) is 0 Å². The van der Waals surface area contributed by atoms with Crippen molar-refractivity contribution in [3.8, 4) is 6.07 Å². The largest absolute Gasteiger partial charge is 0.332 e. The molecule has 0 aromatic heterocycles. The molecule has 1 fully saturated rings. The standard InChI is InChI=1S/C18H15BrN2O/c19-16-9-7-15(8-10-16)18(22)21-11-1-2-17(21)14-5-3-13(12-20)4-6-14/h3-10,17H,1-2,11H2/t17-/m1/s1. The average Bonchev–Trinajstić information content (AvgIpc) is 3.04. The molecule has 0 saturated carbocycles. The number of amides is 1. The fourth-order valence-electron chi connectivity index (χ4n) is 2.89. The van der Waals surface area contributed by atoms with Crippen molar-refractivity contribution in [1.29, 1.82) is 5.26 Å². The van der Waals surface area contributed by atoms with Crippen molar-refractivity contribution in [1.82, 2.24) is 4.90 Å². The summed E-state index contributed by atoms with van der Waals surface area (Å²) in [6.07, 6.45) is 1.97. The van der Waals surface area contributed by atoms with Gasteiger partial charge < -0.3 is 4.90 Å². The van der Waals surface area contributed by atoms with Gasteiger partial charge in [-0.1, -0.05) is 28.1 Å². The van der Waals surface area contributed by atoms with Gasteiger partial charge in [0.2, 0.25) is 0 Å². The zero-order valence-electron chi connectivity index (χ0n) is 12.0. The fraction of sp³-hybridized carbons (Fsp3) is 0.222. The lowest BCUT2D eigenvalue weighted by molar-refractivity contribution is 0.0735. The zero-order chi connectivity index (χ0) is 15.5. The van der Waals surface area contributed by atoms with Crippen LogP contribution >= 0.6 is 15.9 Å². The number of likely N-dealkylation sites (tertiary alicyclic amines) is 1. The molecule has 22 heavy (non-hydrogen) atoms. The molecule has 1 aliphatic rings. The van der Waals surface area contributed by atoms with Crippen LogP contribution in [0.2, 0.25) is 0 Å². The van der Waals surface area contributed by atoms with E-state index >= 15 is 0 Å². The highest BCUT2D eigenvalue weighted by atomic mass is 79.9. The van der Waals surface area contributed by atoms with Gasteiger partial charge in [0.05, 0.1) is 17.7 Å². The van der Waals surface area contributed by atoms with Gasteiger partial charge in [0, 0.05) is 16.6 Å². The van der Waals surface area contributed by atoms with Crippen LogP contribution in [-0.2, 0) is 0 Å². The van der Waals surface area contributed by atoms with Crippen LogP contribution in [0, 0.1) is 11.3 Å². The van der Waals surface area contributed by atoms with Crippen molar-refractivity contribution in [2.75, 3.05) is 6.54 Å². The van der Waals surface area contributed by atoms with Crippen LogP contribution in [0.4, 0.5) is 0 Å². The molecule has 4 heteroatoms. The molecule has 2 aromatic carbocycles. The summed E-state index contributed by atoms with van der Waals surface area (Å²) in [7, 11) is 0. The van der Waals surface area contributed by atoms with Gasteiger partial charge in [-0.2, -0.15) is 5.26 Å². The summed E-state index contributed by atoms with van der Waals surface area (Å²) >= 11 is 3.39. The summed E-state index contributed by atoms with van der Waals surface area (Å²) in [5, 5.41) is 8.89. The number of hydrogen-bond donors (Lipinski definition) is 0. The SMILES string of the molecule is N#Cc1ccc([C@H]2CCCN2C(=O)c2ccc(Br)cc2)cc1. The molecule has 2 aromatic rings. The zero-order valence-corrected chi connectivity index (χ0v) is 13.6. The molecule has 1 heterocycles. The predicted molar refractivity (Wildman–Crippen MR) is 88.3 cm³/mol. The number of hydrogen-bond acceptors (Lipinski definition) is 2. The molecule has 0 unspecified atom stereocenters. The summed E-state index contributed by atoms with van der Waals surface area (Å²) in [6.45, 7) is 0.777. The molecule has 1 aliphatic heterocycles. The Balaban J connectivity index is 1.84. The van der Waals surface area contributed by atoms with Gasteiger partial charge in [-0.15, -0.1) is 0 Å². The Morgan fingerprint density at radius 2 is 1.82 bits per heavy atom. The highest BCUT2D eigenvalue weighted by Gasteiger charge is 2.30. The molecule has 0 bridgehead atoms. The van der Waals surface area contributed by atoms with Crippen molar-refractivity contribution in [2.24, 2.45) is 0 Å². The topological polar surface area (TPSA) is 44.1 Å². The third-order valence-electron chi connectivity index (χ3n) is 4.03. The van der Waals surface area contributed by atoms with Crippen molar-refractivity contribution in [3.63, 3.8) is 0 Å². The summed E-state index contributed by atoms with van der Waals surface area (Å²) in [4.78, 5) is 14.7. The first-order chi connectivity index (χ1) is 10.7. The van der Waals surface area contributed by atoms with Crippen LogP contribution < -0.4 is 0 Å². The summed E-state index contributed by atoms with van der Waals surface area (Å²) in [5.41, 5.74) is 2.46. The molecule has 110 valence electrons. The first-order valence-corrected chi connectivity index (χ1v) is 8.05. The Labute approximate surface area is 138 Å². The van der Waals surface area contributed by atoms with E-state index in [4.69, 9.17) is 5.26 Å². The van der Waals surface area contributed by atoms with Gasteiger partial charge >= 0.3 is 0 Å². The lowest BCUT2D eigenvalue weighted by Crippen LogP contribution is -2.30. The van der Waals surface area contributed by atoms with Gasteiger partial charge in [0.15, 0.2) is 0 Å². The maximum absolute atomic E-state index is 12.7. The summed E-state index contributed by atoms with van der Waals surface area (Å²) in [6, 6.07) is 17.2. The number of halogens is 1. The number of nitrogens with zero attached hydrogens (tertiary/aromatic N) is 2. The van der Waals surface area contributed by atoms with Crippen LogP contribution in [0.15, 0.2) is 53.0 Å². The first-order valence-electron chi connectivity index (χ1n) is 7.25. The average molecular weight is 355 g/mol. The Bertz CT molecular complexity index is 716. The number of carbonyl (C=O) groups is 1. The minimum absolute atomic E-state index is 0.0689. The molecule has 0 aliphatic carbocycles. The Kier molecular flexibility index (Phi) is 4.26. The van der Waals surface area contributed by atoms with E-state index in [1.54, 1.807) is 0 Å². The van der Waals surface area contributed by atoms with E-state index in [9.17, 15) is 4.79 Å². The molecule has 0 N–H and O–H groups in total. The molecule has 1 amide bonds. The second-order valence-electron chi connectivity index (χ2n) is 5.40. The lowest BCUT2D eigenvalue weighted by Gasteiger charge is -2.25. The molecule has 1 saturated heterocycles. The quantitative estimate of drug-likeness (QED) is 0.806. The Morgan fingerprint density at radius 3 is 2.45 bits per heavy atom. The number of nitriles is 1. The van der Waals surface area contributed by atoms with E-state index in [2.05, 4.69) is 22.0 Å². The molecule has 0 radical (unpaired) electrons. The maximum Gasteiger partial charge on any atom is 0.254 e. The molecule has 3 rings (SSSR count). The summed E-state index contributed by atoms with van der Waals surface area (Å²) < 4.78 is 0.967. The van der Waals surface area contributed by atoms with E-state index in [0.29, 0.717) is 11.1 Å². The molecule has 1 atom stereocenters. The van der Waals surface area contributed by atoms with Gasteiger partial charge in [0.1, 0.15) is 0 Å². The second kappa shape index (κ2) is 6.33. The van der Waals surface area contributed by atoms with Gasteiger partial charge in [-0.3, -0.25) is 4.79 Å². The van der Waals surface area contributed by atoms with Crippen LogP contribution in [0.5, 0.6) is 0 Å². The van der Waals surface area contributed by atoms with Gasteiger partial charge in [0.25, 0.3) is 5.91 Å². The predicted octanol–water partition coefficient (Wildman–Crippen LogP) is 4.30. The van der Waals surface area contributed by atoms with Crippen molar-refractivity contribution in [2.45, 2.75) is 18.9 Å². The summed E-state index contributed by atoms with van der Waals surface area (Å²) in [5.74, 6) is 0.0689. The molecular weight excluding hydrogens is 340 g/mol. The monoisotopic (exact) mass is 354 g/mol. The van der Waals surface area contributed by atoms with Crippen LogP contribution in [0.3, 0.4) is 0 Å². The smallest absolute Gasteiger partial charge is 0.254 e. The van der Waals surface area contributed by atoms with Crippen molar-refractivity contribution >= 4 is 21.8 Å². The minimum Gasteiger partial charge on any atom is -0.332 e. The van der Waals surface area contributed by atoms with E-state index in [-0.39, 0.29) is 11.9 Å². The minimum atomic E-state index is 0.0689. The lowest BCUT2D eigenvalue weighted by atomic mass is 10.0. The number of rotatable bonds is 2. The highest BCUT2D eigenvalue weighted by Crippen LogP contribution is 2.33. The van der Waals surface area contributed by atoms with Gasteiger partial charge in [-0.05, 0) is 54.8 Å². The Hall–Kier alpha value is -2.12. The number of carbonyl (C=O) groups excluding carboxylic acids is 1. The van der Waals surface area contributed by atoms with Crippen LogP contribution in [-0.4, -0.2) is 17.4 Å². The normalized spacial score (nSPS) is 17.3. The van der Waals surface area contributed by atoms with E-state index in [1.807, 2.05) is 53.4 Å². The van der Waals surface area contributed by atoms with Crippen molar-refractivity contribution in [3.05, 3.63) is 69.7 Å². The Morgan fingerprint density at radius 1 is 1.14 bits per heavy atom. The fourth-order valence-corrected chi connectivity index (χ4v) is 3.16.